The average Bonchev–Trinajstić information content (AvgIpc) is 2.47. The monoisotopic (exact) mass is 273 g/mol. The van der Waals surface area contributed by atoms with E-state index < -0.39 is 5.97 Å². The number of rotatable bonds is 1. The van der Waals surface area contributed by atoms with Gasteiger partial charge in [0.15, 0.2) is 0 Å². The predicted octanol–water partition coefficient (Wildman–Crippen LogP) is 3.28. The van der Waals surface area contributed by atoms with Gasteiger partial charge in [-0.3, -0.25) is 0 Å². The maximum atomic E-state index is 10.8. The first-order chi connectivity index (χ1) is 6.59. The Bertz CT molecular complexity index is 521. The van der Waals surface area contributed by atoms with Crippen molar-refractivity contribution in [1.82, 2.24) is 4.98 Å². The lowest BCUT2D eigenvalue weighted by molar-refractivity contribution is 0.0699. The highest BCUT2D eigenvalue weighted by Gasteiger charge is 2.12. The molecule has 0 amide bonds. The van der Waals surface area contributed by atoms with Crippen molar-refractivity contribution in [2.24, 2.45) is 0 Å². The van der Waals surface area contributed by atoms with E-state index in [4.69, 9.17) is 16.7 Å². The largest absolute Gasteiger partial charge is 0.478 e. The predicted molar refractivity (Wildman–Crippen MR) is 58.0 cm³/mol. The lowest BCUT2D eigenvalue weighted by atomic mass is 10.2. The second kappa shape index (κ2) is 3.29. The summed E-state index contributed by atoms with van der Waals surface area (Å²) in [7, 11) is 0. The number of aromatic amines is 1. The minimum atomic E-state index is -0.967. The molecular formula is C9H5BrClNO2. The molecule has 0 fully saturated rings. The molecule has 1 heterocycles. The molecule has 72 valence electrons. The van der Waals surface area contributed by atoms with Crippen molar-refractivity contribution in [2.45, 2.75) is 0 Å². The van der Waals surface area contributed by atoms with E-state index in [1.165, 1.54) is 6.20 Å². The van der Waals surface area contributed by atoms with Gasteiger partial charge in [-0.25, -0.2) is 4.79 Å². The molecule has 0 bridgehead atoms. The minimum Gasteiger partial charge on any atom is -0.478 e. The van der Waals surface area contributed by atoms with E-state index in [9.17, 15) is 4.79 Å². The van der Waals surface area contributed by atoms with Crippen LogP contribution in [-0.4, -0.2) is 16.1 Å². The number of halogens is 2. The summed E-state index contributed by atoms with van der Waals surface area (Å²) in [6, 6.07) is 3.34. The van der Waals surface area contributed by atoms with Crippen LogP contribution < -0.4 is 0 Å². The summed E-state index contributed by atoms with van der Waals surface area (Å²) in [6.45, 7) is 0. The number of aromatic carboxylic acids is 1. The third-order valence-electron chi connectivity index (χ3n) is 1.94. The molecule has 2 aromatic rings. The Morgan fingerprint density at radius 2 is 2.21 bits per heavy atom. The van der Waals surface area contributed by atoms with Crippen molar-refractivity contribution in [2.75, 3.05) is 0 Å². The molecule has 0 radical (unpaired) electrons. The highest BCUT2D eigenvalue weighted by Crippen LogP contribution is 2.29. The Morgan fingerprint density at radius 1 is 1.50 bits per heavy atom. The number of fused-ring (bicyclic) bond motifs is 1. The first-order valence-corrected chi connectivity index (χ1v) is 4.96. The Morgan fingerprint density at radius 3 is 2.86 bits per heavy atom. The Balaban J connectivity index is 2.85. The van der Waals surface area contributed by atoms with Crippen molar-refractivity contribution in [3.63, 3.8) is 0 Å². The van der Waals surface area contributed by atoms with Gasteiger partial charge in [-0.05, 0) is 28.1 Å². The van der Waals surface area contributed by atoms with E-state index in [1.54, 1.807) is 12.1 Å². The Kier molecular flexibility index (Phi) is 2.25. The Labute approximate surface area is 92.8 Å². The second-order valence-corrected chi connectivity index (χ2v) is 4.11. The number of nitrogens with one attached hydrogen (secondary N) is 1. The van der Waals surface area contributed by atoms with Gasteiger partial charge in [0.1, 0.15) is 0 Å². The third kappa shape index (κ3) is 1.40. The van der Waals surface area contributed by atoms with Crippen LogP contribution in [0.15, 0.2) is 22.8 Å². The topological polar surface area (TPSA) is 53.1 Å². The summed E-state index contributed by atoms with van der Waals surface area (Å²) in [5.41, 5.74) is 0.968. The van der Waals surface area contributed by atoms with E-state index in [-0.39, 0.29) is 5.56 Å². The van der Waals surface area contributed by atoms with E-state index in [2.05, 4.69) is 20.9 Å². The maximum Gasteiger partial charge on any atom is 0.337 e. The van der Waals surface area contributed by atoms with Crippen LogP contribution in [0.3, 0.4) is 0 Å². The molecule has 14 heavy (non-hydrogen) atoms. The average molecular weight is 275 g/mol. The van der Waals surface area contributed by atoms with E-state index in [1.807, 2.05) is 0 Å². The van der Waals surface area contributed by atoms with Crippen molar-refractivity contribution < 1.29 is 9.90 Å². The minimum absolute atomic E-state index is 0.225. The van der Waals surface area contributed by atoms with Gasteiger partial charge < -0.3 is 10.1 Å². The highest BCUT2D eigenvalue weighted by molar-refractivity contribution is 9.10. The van der Waals surface area contributed by atoms with Crippen molar-refractivity contribution in [3.05, 3.63) is 33.4 Å². The normalized spacial score (nSPS) is 10.7. The number of hydrogen-bond acceptors (Lipinski definition) is 1. The number of H-pyrrole nitrogens is 1. The molecular weight excluding hydrogens is 269 g/mol. The molecule has 5 heteroatoms. The van der Waals surface area contributed by atoms with E-state index in [0.717, 1.165) is 9.99 Å². The van der Waals surface area contributed by atoms with Crippen LogP contribution in [0.4, 0.5) is 0 Å². The molecule has 0 aliphatic heterocycles. The van der Waals surface area contributed by atoms with Crippen LogP contribution in [-0.2, 0) is 0 Å². The molecule has 3 nitrogen and oxygen atoms in total. The number of carboxylic acids is 1. The molecule has 1 aromatic heterocycles. The number of aromatic nitrogens is 1. The van der Waals surface area contributed by atoms with E-state index in [0.29, 0.717) is 10.4 Å². The van der Waals surface area contributed by atoms with Crippen molar-refractivity contribution >= 4 is 44.4 Å². The molecule has 0 aliphatic carbocycles. The van der Waals surface area contributed by atoms with Gasteiger partial charge in [-0.15, -0.1) is 0 Å². The Hall–Kier alpha value is -1.00. The zero-order chi connectivity index (χ0) is 10.3. The first-order valence-electron chi connectivity index (χ1n) is 3.79. The van der Waals surface area contributed by atoms with Gasteiger partial charge in [0, 0.05) is 21.1 Å². The number of benzene rings is 1. The van der Waals surface area contributed by atoms with Crippen LogP contribution in [0.25, 0.3) is 10.9 Å². The van der Waals surface area contributed by atoms with Crippen LogP contribution in [0.1, 0.15) is 10.4 Å². The van der Waals surface area contributed by atoms with Crippen molar-refractivity contribution in [1.29, 1.82) is 0 Å². The molecule has 0 aliphatic rings. The van der Waals surface area contributed by atoms with Crippen LogP contribution >= 0.6 is 27.5 Å². The summed E-state index contributed by atoms with van der Waals surface area (Å²) >= 11 is 9.12. The van der Waals surface area contributed by atoms with Gasteiger partial charge >= 0.3 is 5.97 Å². The van der Waals surface area contributed by atoms with Crippen LogP contribution in [0.5, 0.6) is 0 Å². The fourth-order valence-corrected chi connectivity index (χ4v) is 2.26. The number of carboxylic acid groups (broad SMARTS) is 1. The van der Waals surface area contributed by atoms with Crippen molar-refractivity contribution in [3.8, 4) is 0 Å². The van der Waals surface area contributed by atoms with Gasteiger partial charge in [-0.1, -0.05) is 11.6 Å². The van der Waals surface area contributed by atoms with E-state index >= 15 is 0 Å². The summed E-state index contributed by atoms with van der Waals surface area (Å²) in [5, 5.41) is 9.99. The van der Waals surface area contributed by atoms with Gasteiger partial charge in [0.2, 0.25) is 0 Å². The molecule has 0 saturated heterocycles. The third-order valence-corrected chi connectivity index (χ3v) is 2.78. The first kappa shape index (κ1) is 9.55. The zero-order valence-electron chi connectivity index (χ0n) is 6.84. The molecule has 0 saturated carbocycles. The standard InChI is InChI=1S/C9H5BrClNO2/c10-7-2-4(11)1-5-6(9(13)14)3-12-8(5)7/h1-3,12H,(H,13,14). The highest BCUT2D eigenvalue weighted by atomic mass is 79.9. The zero-order valence-corrected chi connectivity index (χ0v) is 9.19. The molecule has 0 unspecified atom stereocenters. The molecule has 2 N–H and O–H groups in total. The quantitative estimate of drug-likeness (QED) is 0.838. The fourth-order valence-electron chi connectivity index (χ4n) is 1.33. The molecule has 2 rings (SSSR count). The second-order valence-electron chi connectivity index (χ2n) is 2.82. The van der Waals surface area contributed by atoms with Crippen LogP contribution in [0.2, 0.25) is 5.02 Å². The fraction of sp³-hybridized carbons (Fsp3) is 0. The molecule has 0 spiro atoms. The van der Waals surface area contributed by atoms with Gasteiger partial charge in [0.05, 0.1) is 11.1 Å². The van der Waals surface area contributed by atoms with Gasteiger partial charge in [0.25, 0.3) is 0 Å². The summed E-state index contributed by atoms with van der Waals surface area (Å²) in [5.74, 6) is -0.967. The lowest BCUT2D eigenvalue weighted by Crippen LogP contribution is -1.93. The number of hydrogen-bond donors (Lipinski definition) is 2. The smallest absolute Gasteiger partial charge is 0.337 e. The lowest BCUT2D eigenvalue weighted by Gasteiger charge is -1.96. The molecule has 1 aromatic carbocycles. The van der Waals surface area contributed by atoms with Gasteiger partial charge in [-0.2, -0.15) is 0 Å². The maximum absolute atomic E-state index is 10.8. The number of carbonyl (C=O) groups is 1. The SMILES string of the molecule is O=C(O)c1c[nH]c2c(Br)cc(Cl)cc12. The van der Waals surface area contributed by atoms with Crippen LogP contribution in [0, 0.1) is 0 Å². The summed E-state index contributed by atoms with van der Waals surface area (Å²) < 4.78 is 0.757. The summed E-state index contributed by atoms with van der Waals surface area (Å²) in [4.78, 5) is 13.7. The summed E-state index contributed by atoms with van der Waals surface area (Å²) in [6.07, 6.45) is 1.45. The molecule has 0 atom stereocenters.